The van der Waals surface area contributed by atoms with E-state index in [1.165, 1.54) is 12.1 Å². The van der Waals surface area contributed by atoms with Crippen molar-refractivity contribution < 1.29 is 8.42 Å². The summed E-state index contributed by atoms with van der Waals surface area (Å²) in [6.07, 6.45) is 1.27. The number of halogens is 2. The van der Waals surface area contributed by atoms with E-state index in [2.05, 4.69) is 20.7 Å². The average Bonchev–Trinajstić information content (AvgIpc) is 2.39. The van der Waals surface area contributed by atoms with Gasteiger partial charge in [0.15, 0.2) is 0 Å². The van der Waals surface area contributed by atoms with Gasteiger partial charge in [0.2, 0.25) is 10.0 Å². The Kier molecular flexibility index (Phi) is 5.82. The van der Waals surface area contributed by atoms with E-state index in [0.717, 1.165) is 0 Å². The van der Waals surface area contributed by atoms with Crippen molar-refractivity contribution in [3.8, 4) is 0 Å². The molecule has 0 fully saturated rings. The van der Waals surface area contributed by atoms with Crippen molar-refractivity contribution >= 4 is 37.6 Å². The summed E-state index contributed by atoms with van der Waals surface area (Å²) < 4.78 is 28.0. The number of nitrogens with one attached hydrogen (secondary N) is 1. The normalized spacial score (nSPS) is 12.7. The first kappa shape index (κ1) is 16.9. The number of rotatable bonds is 6. The van der Waals surface area contributed by atoms with Gasteiger partial charge in [0.05, 0.1) is 9.92 Å². The second-order valence-electron chi connectivity index (χ2n) is 4.37. The fraction of sp³-hybridized carbons (Fsp3) is 0.500. The molecule has 108 valence electrons. The van der Waals surface area contributed by atoms with Crippen LogP contribution in [0.3, 0.4) is 0 Å². The summed E-state index contributed by atoms with van der Waals surface area (Å²) in [4.78, 5) is 0.170. The molecule has 0 amide bonds. The summed E-state index contributed by atoms with van der Waals surface area (Å²) in [6.45, 7) is 4.08. The SMILES string of the molecule is CCC(CC)(CN)NS(=O)(=O)c1ccc(Cl)c(Br)c1. The van der Waals surface area contributed by atoms with Gasteiger partial charge in [0.1, 0.15) is 0 Å². The number of nitrogens with two attached hydrogens (primary N) is 1. The molecular weight excluding hydrogens is 352 g/mol. The molecule has 0 heterocycles. The average molecular weight is 370 g/mol. The molecule has 7 heteroatoms. The standard InChI is InChI=1S/C12H18BrClN2O2S/c1-3-12(4-2,8-15)16-19(17,18)9-5-6-11(14)10(13)7-9/h5-7,16H,3-4,8,15H2,1-2H3. The van der Waals surface area contributed by atoms with Crippen molar-refractivity contribution in [1.82, 2.24) is 4.72 Å². The van der Waals surface area contributed by atoms with E-state index in [0.29, 0.717) is 22.3 Å². The Bertz CT molecular complexity index is 536. The van der Waals surface area contributed by atoms with Crippen LogP contribution in [0.15, 0.2) is 27.6 Å². The number of hydrogen-bond acceptors (Lipinski definition) is 3. The minimum Gasteiger partial charge on any atom is -0.329 e. The molecule has 0 aromatic heterocycles. The van der Waals surface area contributed by atoms with Gasteiger partial charge in [0, 0.05) is 16.6 Å². The molecule has 0 aliphatic carbocycles. The van der Waals surface area contributed by atoms with E-state index in [-0.39, 0.29) is 11.4 Å². The van der Waals surface area contributed by atoms with Crippen LogP contribution >= 0.6 is 27.5 Å². The van der Waals surface area contributed by atoms with E-state index in [4.69, 9.17) is 17.3 Å². The molecule has 3 N–H and O–H groups in total. The Morgan fingerprint density at radius 3 is 2.37 bits per heavy atom. The summed E-state index contributed by atoms with van der Waals surface area (Å²) in [5, 5.41) is 0.468. The van der Waals surface area contributed by atoms with Crippen LogP contribution in [0.5, 0.6) is 0 Å². The Hall–Kier alpha value is -0.140. The molecule has 4 nitrogen and oxygen atoms in total. The zero-order valence-corrected chi connectivity index (χ0v) is 14.1. The predicted molar refractivity (Wildman–Crippen MR) is 81.8 cm³/mol. The Morgan fingerprint density at radius 2 is 1.95 bits per heavy atom. The van der Waals surface area contributed by atoms with E-state index >= 15 is 0 Å². The minimum atomic E-state index is -3.61. The van der Waals surface area contributed by atoms with Gasteiger partial charge >= 0.3 is 0 Å². The fourth-order valence-electron chi connectivity index (χ4n) is 1.71. The highest BCUT2D eigenvalue weighted by molar-refractivity contribution is 9.10. The van der Waals surface area contributed by atoms with Crippen LogP contribution in [0.4, 0.5) is 0 Å². The number of hydrogen-bond donors (Lipinski definition) is 2. The molecule has 1 aromatic rings. The third-order valence-corrected chi connectivity index (χ3v) is 6.09. The molecule has 0 aliphatic rings. The Balaban J connectivity index is 3.14. The zero-order valence-electron chi connectivity index (χ0n) is 10.9. The zero-order chi connectivity index (χ0) is 14.7. The van der Waals surface area contributed by atoms with E-state index < -0.39 is 15.6 Å². The monoisotopic (exact) mass is 368 g/mol. The van der Waals surface area contributed by atoms with Crippen LogP contribution in [0, 0.1) is 0 Å². The lowest BCUT2D eigenvalue weighted by Gasteiger charge is -2.31. The van der Waals surface area contributed by atoms with Crippen LogP contribution in [0.1, 0.15) is 26.7 Å². The van der Waals surface area contributed by atoms with Crippen molar-refractivity contribution in [2.45, 2.75) is 37.1 Å². The van der Waals surface area contributed by atoms with Gasteiger partial charge in [-0.25, -0.2) is 13.1 Å². The molecule has 0 atom stereocenters. The topological polar surface area (TPSA) is 72.2 Å². The van der Waals surface area contributed by atoms with Gasteiger partial charge in [-0.2, -0.15) is 0 Å². The van der Waals surface area contributed by atoms with E-state index in [9.17, 15) is 8.42 Å². The van der Waals surface area contributed by atoms with Crippen molar-refractivity contribution in [3.63, 3.8) is 0 Å². The molecule has 0 aliphatic heterocycles. The van der Waals surface area contributed by atoms with Gasteiger partial charge in [0.25, 0.3) is 0 Å². The lowest BCUT2D eigenvalue weighted by molar-refractivity contribution is 0.363. The maximum absolute atomic E-state index is 12.4. The van der Waals surface area contributed by atoms with Crippen LogP contribution in [-0.4, -0.2) is 20.5 Å². The largest absolute Gasteiger partial charge is 0.329 e. The molecule has 0 saturated carbocycles. The van der Waals surface area contributed by atoms with Crippen molar-refractivity contribution in [2.75, 3.05) is 6.54 Å². The van der Waals surface area contributed by atoms with Gasteiger partial charge < -0.3 is 5.73 Å². The van der Waals surface area contributed by atoms with Gasteiger partial charge in [-0.3, -0.25) is 0 Å². The fourth-order valence-corrected chi connectivity index (χ4v) is 3.94. The summed E-state index contributed by atoms with van der Waals surface area (Å²) in [5.41, 5.74) is 5.10. The van der Waals surface area contributed by atoms with Crippen LogP contribution in [0.25, 0.3) is 0 Å². The second kappa shape index (κ2) is 6.54. The first-order valence-electron chi connectivity index (χ1n) is 5.99. The number of benzene rings is 1. The third-order valence-electron chi connectivity index (χ3n) is 3.30. The molecule has 0 spiro atoms. The molecular formula is C12H18BrClN2O2S. The minimum absolute atomic E-state index is 0.170. The molecule has 0 unspecified atom stereocenters. The quantitative estimate of drug-likeness (QED) is 0.810. The smallest absolute Gasteiger partial charge is 0.241 e. The highest BCUT2D eigenvalue weighted by Gasteiger charge is 2.30. The highest BCUT2D eigenvalue weighted by Crippen LogP contribution is 2.26. The summed E-state index contributed by atoms with van der Waals surface area (Å²) in [7, 11) is -3.61. The molecule has 0 radical (unpaired) electrons. The van der Waals surface area contributed by atoms with E-state index in [1.807, 2.05) is 13.8 Å². The van der Waals surface area contributed by atoms with Crippen LogP contribution in [0.2, 0.25) is 5.02 Å². The summed E-state index contributed by atoms with van der Waals surface area (Å²) >= 11 is 9.08. The lowest BCUT2D eigenvalue weighted by Crippen LogP contribution is -2.52. The third kappa shape index (κ3) is 3.92. The Morgan fingerprint density at radius 1 is 1.37 bits per heavy atom. The van der Waals surface area contributed by atoms with Crippen molar-refractivity contribution in [2.24, 2.45) is 5.73 Å². The maximum Gasteiger partial charge on any atom is 0.241 e. The summed E-state index contributed by atoms with van der Waals surface area (Å²) in [6, 6.07) is 4.50. The highest BCUT2D eigenvalue weighted by atomic mass is 79.9. The van der Waals surface area contributed by atoms with Crippen molar-refractivity contribution in [3.05, 3.63) is 27.7 Å². The number of sulfonamides is 1. The molecule has 0 saturated heterocycles. The van der Waals surface area contributed by atoms with Crippen molar-refractivity contribution in [1.29, 1.82) is 0 Å². The van der Waals surface area contributed by atoms with Gasteiger partial charge in [-0.05, 0) is 47.0 Å². The second-order valence-corrected chi connectivity index (χ2v) is 7.32. The van der Waals surface area contributed by atoms with Crippen LogP contribution < -0.4 is 10.5 Å². The first-order valence-corrected chi connectivity index (χ1v) is 8.64. The van der Waals surface area contributed by atoms with E-state index in [1.54, 1.807) is 6.07 Å². The molecule has 1 rings (SSSR count). The lowest BCUT2D eigenvalue weighted by atomic mass is 9.95. The van der Waals surface area contributed by atoms with Gasteiger partial charge in [-0.15, -0.1) is 0 Å². The molecule has 19 heavy (non-hydrogen) atoms. The summed E-state index contributed by atoms with van der Waals surface area (Å²) in [5.74, 6) is 0. The van der Waals surface area contributed by atoms with Crippen LogP contribution in [-0.2, 0) is 10.0 Å². The molecule has 1 aromatic carbocycles. The molecule has 0 bridgehead atoms. The first-order chi connectivity index (χ1) is 8.80. The van der Waals surface area contributed by atoms with Gasteiger partial charge in [-0.1, -0.05) is 25.4 Å². The Labute approximate surface area is 127 Å². The predicted octanol–water partition coefficient (Wildman–Crippen LogP) is 2.90. The maximum atomic E-state index is 12.4.